The molecule has 1 amide bonds. The van der Waals surface area contributed by atoms with E-state index in [0.29, 0.717) is 42.1 Å². The lowest BCUT2D eigenvalue weighted by Crippen LogP contribution is -2.28. The number of nitrogens with zero attached hydrogens (tertiary/aromatic N) is 1. The number of anilines is 1. The van der Waals surface area contributed by atoms with Gasteiger partial charge in [-0.25, -0.2) is 8.42 Å². The van der Waals surface area contributed by atoms with Crippen LogP contribution >= 0.6 is 0 Å². The molecule has 0 spiro atoms. The average molecular weight is 407 g/mol. The standard InChI is InChI=1S/C20H26N2O5S/c1-15-6-7-16(20(23)22(2)12-5-13-26-3)14-19(15)28(24,25)21-17-8-10-18(27-4)11-9-17/h6-11,14,21H,5,12-13H2,1-4H3. The van der Waals surface area contributed by atoms with E-state index in [9.17, 15) is 13.2 Å². The van der Waals surface area contributed by atoms with E-state index in [4.69, 9.17) is 9.47 Å². The Kier molecular flexibility index (Phi) is 7.42. The van der Waals surface area contributed by atoms with Crippen molar-refractivity contribution in [3.63, 3.8) is 0 Å². The zero-order valence-electron chi connectivity index (χ0n) is 16.6. The molecule has 2 aromatic carbocycles. The number of nitrogens with one attached hydrogen (secondary N) is 1. The summed E-state index contributed by atoms with van der Waals surface area (Å²) in [5.74, 6) is 0.389. The summed E-state index contributed by atoms with van der Waals surface area (Å²) in [6.07, 6.45) is 0.703. The van der Waals surface area contributed by atoms with E-state index in [1.165, 1.54) is 13.2 Å². The summed E-state index contributed by atoms with van der Waals surface area (Å²) in [5.41, 5.74) is 1.29. The van der Waals surface area contributed by atoms with E-state index in [1.807, 2.05) is 0 Å². The maximum absolute atomic E-state index is 12.8. The molecule has 0 aliphatic rings. The van der Waals surface area contributed by atoms with Crippen LogP contribution < -0.4 is 9.46 Å². The minimum Gasteiger partial charge on any atom is -0.497 e. The fourth-order valence-corrected chi connectivity index (χ4v) is 3.99. The summed E-state index contributed by atoms with van der Waals surface area (Å²) in [6.45, 7) is 2.77. The van der Waals surface area contributed by atoms with Gasteiger partial charge in [-0.15, -0.1) is 0 Å². The third kappa shape index (κ3) is 5.46. The lowest BCUT2D eigenvalue weighted by molar-refractivity contribution is 0.0779. The van der Waals surface area contributed by atoms with Crippen LogP contribution in [0.25, 0.3) is 0 Å². The molecule has 8 heteroatoms. The molecule has 0 atom stereocenters. The molecule has 0 saturated heterocycles. The van der Waals surface area contributed by atoms with E-state index in [0.717, 1.165) is 0 Å². The molecule has 0 aliphatic heterocycles. The second-order valence-electron chi connectivity index (χ2n) is 6.39. The predicted octanol–water partition coefficient (Wildman–Crippen LogP) is 2.91. The highest BCUT2D eigenvalue weighted by Crippen LogP contribution is 2.23. The fourth-order valence-electron chi connectivity index (χ4n) is 2.66. The van der Waals surface area contributed by atoms with Crippen LogP contribution in [0.3, 0.4) is 0 Å². The zero-order valence-corrected chi connectivity index (χ0v) is 17.4. The van der Waals surface area contributed by atoms with Crippen LogP contribution in [0, 0.1) is 6.92 Å². The predicted molar refractivity (Wildman–Crippen MR) is 108 cm³/mol. The van der Waals surface area contributed by atoms with E-state index >= 15 is 0 Å². The van der Waals surface area contributed by atoms with Crippen molar-refractivity contribution in [1.29, 1.82) is 0 Å². The van der Waals surface area contributed by atoms with Crippen molar-refractivity contribution < 1.29 is 22.7 Å². The Hall–Kier alpha value is -2.58. The Balaban J connectivity index is 2.24. The lowest BCUT2D eigenvalue weighted by atomic mass is 10.1. The maximum Gasteiger partial charge on any atom is 0.262 e. The van der Waals surface area contributed by atoms with Crippen LogP contribution in [-0.4, -0.2) is 53.6 Å². The Labute approximate surface area is 166 Å². The molecule has 0 fully saturated rings. The van der Waals surface area contributed by atoms with Gasteiger partial charge in [0, 0.05) is 38.6 Å². The van der Waals surface area contributed by atoms with Gasteiger partial charge in [0.05, 0.1) is 12.0 Å². The molecule has 0 aliphatic carbocycles. The normalized spacial score (nSPS) is 11.1. The van der Waals surface area contributed by atoms with Crippen LogP contribution in [0.5, 0.6) is 5.75 Å². The summed E-state index contributed by atoms with van der Waals surface area (Å²) in [6, 6.07) is 11.2. The monoisotopic (exact) mass is 406 g/mol. The van der Waals surface area contributed by atoms with Gasteiger partial charge in [0.15, 0.2) is 0 Å². The molecule has 0 aromatic heterocycles. The molecule has 0 unspecified atom stereocenters. The number of methoxy groups -OCH3 is 2. The Morgan fingerprint density at radius 2 is 1.79 bits per heavy atom. The molecule has 7 nitrogen and oxygen atoms in total. The Morgan fingerprint density at radius 3 is 2.39 bits per heavy atom. The quantitative estimate of drug-likeness (QED) is 0.647. The van der Waals surface area contributed by atoms with Crippen molar-refractivity contribution in [2.75, 3.05) is 39.1 Å². The lowest BCUT2D eigenvalue weighted by Gasteiger charge is -2.18. The van der Waals surface area contributed by atoms with Gasteiger partial charge in [-0.1, -0.05) is 6.07 Å². The van der Waals surface area contributed by atoms with Gasteiger partial charge in [0.2, 0.25) is 0 Å². The number of carbonyl (C=O) groups is 1. The molecule has 28 heavy (non-hydrogen) atoms. The molecule has 1 N–H and O–H groups in total. The topological polar surface area (TPSA) is 84.9 Å². The summed E-state index contributed by atoms with van der Waals surface area (Å²) >= 11 is 0. The van der Waals surface area contributed by atoms with Crippen molar-refractivity contribution in [3.05, 3.63) is 53.6 Å². The highest BCUT2D eigenvalue weighted by atomic mass is 32.2. The molecule has 0 heterocycles. The molecular weight excluding hydrogens is 380 g/mol. The van der Waals surface area contributed by atoms with Crippen molar-refractivity contribution >= 4 is 21.6 Å². The first-order valence-corrected chi connectivity index (χ1v) is 10.3. The molecule has 2 aromatic rings. The molecule has 0 bridgehead atoms. The fraction of sp³-hybridized carbons (Fsp3) is 0.350. The van der Waals surface area contributed by atoms with Crippen molar-refractivity contribution in [2.24, 2.45) is 0 Å². The second-order valence-corrected chi connectivity index (χ2v) is 8.04. The van der Waals surface area contributed by atoms with E-state index < -0.39 is 10.0 Å². The van der Waals surface area contributed by atoms with Gasteiger partial charge in [-0.2, -0.15) is 0 Å². The number of benzene rings is 2. The second kappa shape index (κ2) is 9.57. The zero-order chi connectivity index (χ0) is 20.7. The summed E-state index contributed by atoms with van der Waals surface area (Å²) in [7, 11) is 0.979. The smallest absolute Gasteiger partial charge is 0.262 e. The number of sulfonamides is 1. The number of hydrogen-bond donors (Lipinski definition) is 1. The Bertz CT molecular complexity index is 911. The number of aryl methyl sites for hydroxylation is 1. The first-order chi connectivity index (χ1) is 13.3. The first-order valence-electron chi connectivity index (χ1n) is 8.80. The third-order valence-electron chi connectivity index (χ3n) is 4.26. The van der Waals surface area contributed by atoms with E-state index in [-0.39, 0.29) is 10.8 Å². The number of rotatable bonds is 9. The van der Waals surface area contributed by atoms with Crippen molar-refractivity contribution in [2.45, 2.75) is 18.2 Å². The van der Waals surface area contributed by atoms with Crippen LogP contribution in [-0.2, 0) is 14.8 Å². The molecule has 0 saturated carbocycles. The van der Waals surface area contributed by atoms with Gasteiger partial charge in [0.25, 0.3) is 15.9 Å². The average Bonchev–Trinajstić information content (AvgIpc) is 2.68. The largest absolute Gasteiger partial charge is 0.497 e. The molecule has 0 radical (unpaired) electrons. The SMILES string of the molecule is COCCCN(C)C(=O)c1ccc(C)c(S(=O)(=O)Nc2ccc(OC)cc2)c1. The molecule has 2 rings (SSSR count). The van der Waals surface area contributed by atoms with E-state index in [1.54, 1.807) is 62.4 Å². The van der Waals surface area contributed by atoms with Gasteiger partial charge < -0.3 is 14.4 Å². The first kappa shape index (κ1) is 21.7. The van der Waals surface area contributed by atoms with Crippen molar-refractivity contribution in [3.8, 4) is 5.75 Å². The van der Waals surface area contributed by atoms with Crippen LogP contribution in [0.1, 0.15) is 22.3 Å². The number of carbonyl (C=O) groups excluding carboxylic acids is 1. The van der Waals surface area contributed by atoms with Gasteiger partial charge in [-0.05, 0) is 55.3 Å². The van der Waals surface area contributed by atoms with E-state index in [2.05, 4.69) is 4.72 Å². The summed E-state index contributed by atoms with van der Waals surface area (Å²) in [5, 5.41) is 0. The summed E-state index contributed by atoms with van der Waals surface area (Å²) in [4.78, 5) is 14.2. The highest BCUT2D eigenvalue weighted by Gasteiger charge is 2.20. The molecular formula is C20H26N2O5S. The van der Waals surface area contributed by atoms with Gasteiger partial charge in [0.1, 0.15) is 5.75 Å². The van der Waals surface area contributed by atoms with Crippen molar-refractivity contribution in [1.82, 2.24) is 4.90 Å². The number of hydrogen-bond acceptors (Lipinski definition) is 5. The highest BCUT2D eigenvalue weighted by molar-refractivity contribution is 7.92. The van der Waals surface area contributed by atoms with Gasteiger partial charge in [-0.3, -0.25) is 9.52 Å². The minimum absolute atomic E-state index is 0.0689. The maximum atomic E-state index is 12.8. The minimum atomic E-state index is -3.85. The van der Waals surface area contributed by atoms with Crippen LogP contribution in [0.4, 0.5) is 5.69 Å². The molecule has 152 valence electrons. The third-order valence-corrected chi connectivity index (χ3v) is 5.78. The van der Waals surface area contributed by atoms with Crippen LogP contribution in [0.15, 0.2) is 47.4 Å². The Morgan fingerprint density at radius 1 is 1.11 bits per heavy atom. The number of amides is 1. The van der Waals surface area contributed by atoms with Gasteiger partial charge >= 0.3 is 0 Å². The number of ether oxygens (including phenoxy) is 2. The summed E-state index contributed by atoms with van der Waals surface area (Å²) < 4.78 is 38.3. The van der Waals surface area contributed by atoms with Crippen LogP contribution in [0.2, 0.25) is 0 Å².